The van der Waals surface area contributed by atoms with Crippen molar-refractivity contribution >= 4 is 33.7 Å². The summed E-state index contributed by atoms with van der Waals surface area (Å²) in [4.78, 5) is 38.7. The van der Waals surface area contributed by atoms with Crippen LogP contribution in [0.4, 0.5) is 0 Å². The van der Waals surface area contributed by atoms with Crippen molar-refractivity contribution in [2.75, 3.05) is 26.3 Å². The summed E-state index contributed by atoms with van der Waals surface area (Å²) >= 11 is 3.50. The van der Waals surface area contributed by atoms with Crippen molar-refractivity contribution in [1.82, 2.24) is 10.2 Å². The predicted molar refractivity (Wildman–Crippen MR) is 122 cm³/mol. The largest absolute Gasteiger partial charge is 0.483 e. The first-order valence-corrected chi connectivity index (χ1v) is 11.4. The fourth-order valence-electron chi connectivity index (χ4n) is 3.15. The van der Waals surface area contributed by atoms with E-state index in [1.54, 1.807) is 0 Å². The summed E-state index contributed by atoms with van der Waals surface area (Å²) < 4.78 is 11.7. The Morgan fingerprint density at radius 3 is 2.61 bits per heavy atom. The Kier molecular flexibility index (Phi) is 8.91. The van der Waals surface area contributed by atoms with Gasteiger partial charge in [0.2, 0.25) is 5.91 Å². The van der Waals surface area contributed by atoms with E-state index in [0.717, 1.165) is 16.5 Å². The second-order valence-electron chi connectivity index (χ2n) is 9.18. The predicted octanol–water partition coefficient (Wildman–Crippen LogP) is 3.43. The SMILES string of the molecule is CC(C)CCOC(=O)CC1C(=O)NCCN1C(=O)COc1ccc(C(C)(C)C)cc1Br. The lowest BCUT2D eigenvalue weighted by atomic mass is 9.87. The average Bonchev–Trinajstić information content (AvgIpc) is 2.67. The summed E-state index contributed by atoms with van der Waals surface area (Å²) in [6.07, 6.45) is 0.585. The minimum absolute atomic E-state index is 0.00493. The molecule has 1 aliphatic rings. The number of carbonyl (C=O) groups excluding carboxylic acids is 3. The van der Waals surface area contributed by atoms with Gasteiger partial charge in [0.25, 0.3) is 5.91 Å². The van der Waals surface area contributed by atoms with Gasteiger partial charge in [-0.3, -0.25) is 14.4 Å². The first-order chi connectivity index (χ1) is 14.5. The van der Waals surface area contributed by atoms with Crippen LogP contribution in [0.1, 0.15) is 53.0 Å². The smallest absolute Gasteiger partial charge is 0.308 e. The zero-order valence-electron chi connectivity index (χ0n) is 19.0. The Balaban J connectivity index is 1.98. The number of benzene rings is 1. The summed E-state index contributed by atoms with van der Waals surface area (Å²) in [5.74, 6) is -0.218. The van der Waals surface area contributed by atoms with Crippen LogP contribution < -0.4 is 10.1 Å². The van der Waals surface area contributed by atoms with Crippen molar-refractivity contribution in [2.24, 2.45) is 5.92 Å². The van der Waals surface area contributed by atoms with Crippen molar-refractivity contribution in [3.8, 4) is 5.75 Å². The van der Waals surface area contributed by atoms with Crippen molar-refractivity contribution in [3.63, 3.8) is 0 Å². The molecule has 1 aliphatic heterocycles. The van der Waals surface area contributed by atoms with Crippen LogP contribution in [0.2, 0.25) is 0 Å². The molecule has 172 valence electrons. The number of amides is 2. The third-order valence-electron chi connectivity index (χ3n) is 5.12. The lowest BCUT2D eigenvalue weighted by Crippen LogP contribution is -2.58. The molecule has 0 aliphatic carbocycles. The first kappa shape index (κ1) is 25.2. The highest BCUT2D eigenvalue weighted by molar-refractivity contribution is 9.10. The number of hydrogen-bond donors (Lipinski definition) is 1. The number of hydrogen-bond acceptors (Lipinski definition) is 5. The number of nitrogens with zero attached hydrogens (tertiary/aromatic N) is 1. The number of rotatable bonds is 8. The fraction of sp³-hybridized carbons (Fsp3) is 0.609. The Hall–Kier alpha value is -2.09. The molecule has 8 heteroatoms. The zero-order valence-corrected chi connectivity index (χ0v) is 20.6. The average molecular weight is 497 g/mol. The van der Waals surface area contributed by atoms with Crippen molar-refractivity contribution in [1.29, 1.82) is 0 Å². The van der Waals surface area contributed by atoms with E-state index in [-0.39, 0.29) is 30.3 Å². The molecule has 1 unspecified atom stereocenters. The van der Waals surface area contributed by atoms with E-state index in [2.05, 4.69) is 42.0 Å². The first-order valence-electron chi connectivity index (χ1n) is 10.6. The normalized spacial score (nSPS) is 16.8. The summed E-state index contributed by atoms with van der Waals surface area (Å²) in [6, 6.07) is 4.88. The molecule has 0 spiro atoms. The second-order valence-corrected chi connectivity index (χ2v) is 10.0. The van der Waals surface area contributed by atoms with E-state index in [9.17, 15) is 14.4 Å². The highest BCUT2D eigenvalue weighted by Gasteiger charge is 2.35. The van der Waals surface area contributed by atoms with Crippen LogP contribution in [-0.4, -0.2) is 55.0 Å². The van der Waals surface area contributed by atoms with Gasteiger partial charge in [-0.15, -0.1) is 0 Å². The minimum atomic E-state index is -0.886. The van der Waals surface area contributed by atoms with E-state index >= 15 is 0 Å². The lowest BCUT2D eigenvalue weighted by Gasteiger charge is -2.34. The van der Waals surface area contributed by atoms with Gasteiger partial charge in [-0.25, -0.2) is 0 Å². The highest BCUT2D eigenvalue weighted by Crippen LogP contribution is 2.31. The molecule has 0 radical (unpaired) electrons. The lowest BCUT2D eigenvalue weighted by molar-refractivity contribution is -0.152. The van der Waals surface area contributed by atoms with Gasteiger partial charge in [-0.2, -0.15) is 0 Å². The van der Waals surface area contributed by atoms with Crippen molar-refractivity contribution < 1.29 is 23.9 Å². The molecule has 2 rings (SSSR count). The van der Waals surface area contributed by atoms with E-state index in [1.807, 2.05) is 32.0 Å². The third-order valence-corrected chi connectivity index (χ3v) is 5.74. The summed E-state index contributed by atoms with van der Waals surface area (Å²) in [5.41, 5.74) is 1.14. The molecule has 0 saturated carbocycles. The maximum absolute atomic E-state index is 12.8. The number of carbonyl (C=O) groups is 3. The second kappa shape index (κ2) is 11.0. The van der Waals surface area contributed by atoms with E-state index in [1.165, 1.54) is 4.90 Å². The van der Waals surface area contributed by atoms with Gasteiger partial charge in [0.05, 0.1) is 17.5 Å². The number of piperazine rings is 1. The van der Waals surface area contributed by atoms with E-state index in [4.69, 9.17) is 9.47 Å². The maximum Gasteiger partial charge on any atom is 0.308 e. The van der Waals surface area contributed by atoms with Crippen molar-refractivity contribution in [3.05, 3.63) is 28.2 Å². The van der Waals surface area contributed by atoms with Crippen LogP contribution in [0.15, 0.2) is 22.7 Å². The molecule has 1 saturated heterocycles. The third kappa shape index (κ3) is 7.52. The van der Waals surface area contributed by atoms with Crippen LogP contribution >= 0.6 is 15.9 Å². The molecule has 0 aromatic heterocycles. The van der Waals surface area contributed by atoms with Gasteiger partial charge >= 0.3 is 5.97 Å². The molecular formula is C23H33BrN2O5. The molecule has 0 bridgehead atoms. The zero-order chi connectivity index (χ0) is 23.2. The number of halogens is 1. The van der Waals surface area contributed by atoms with Crippen LogP contribution in [-0.2, 0) is 24.5 Å². The topological polar surface area (TPSA) is 84.9 Å². The molecule has 1 heterocycles. The maximum atomic E-state index is 12.8. The fourth-order valence-corrected chi connectivity index (χ4v) is 3.64. The summed E-state index contributed by atoms with van der Waals surface area (Å²) in [7, 11) is 0. The number of ether oxygens (including phenoxy) is 2. The van der Waals surface area contributed by atoms with Crippen molar-refractivity contribution in [2.45, 2.75) is 58.9 Å². The molecular weight excluding hydrogens is 464 g/mol. The van der Waals surface area contributed by atoms with Gasteiger partial charge in [0.1, 0.15) is 11.8 Å². The highest BCUT2D eigenvalue weighted by atomic mass is 79.9. The van der Waals surface area contributed by atoms with Crippen LogP contribution in [0.3, 0.4) is 0 Å². The van der Waals surface area contributed by atoms with Crippen LogP contribution in [0.5, 0.6) is 5.75 Å². The van der Waals surface area contributed by atoms with E-state index in [0.29, 0.717) is 31.4 Å². The Morgan fingerprint density at radius 2 is 2.00 bits per heavy atom. The molecule has 1 aromatic carbocycles. The molecule has 1 atom stereocenters. The van der Waals surface area contributed by atoms with Crippen LogP contribution in [0, 0.1) is 5.92 Å². The Morgan fingerprint density at radius 1 is 1.29 bits per heavy atom. The van der Waals surface area contributed by atoms with Crippen LogP contribution in [0.25, 0.3) is 0 Å². The standard InChI is InChI=1S/C23H33BrN2O5/c1-15(2)8-11-30-21(28)13-18-22(29)25-9-10-26(18)20(27)14-31-19-7-6-16(12-17(19)24)23(3,4)5/h6-7,12,15,18H,8-11,13-14H2,1-5H3,(H,25,29). The Labute approximate surface area is 193 Å². The quantitative estimate of drug-likeness (QED) is 0.557. The molecule has 31 heavy (non-hydrogen) atoms. The minimum Gasteiger partial charge on any atom is -0.483 e. The summed E-state index contributed by atoms with van der Waals surface area (Å²) in [5, 5.41) is 2.71. The van der Waals surface area contributed by atoms with E-state index < -0.39 is 12.0 Å². The molecule has 2 amide bonds. The molecule has 7 nitrogen and oxygen atoms in total. The summed E-state index contributed by atoms with van der Waals surface area (Å²) in [6.45, 7) is 11.2. The molecule has 1 aromatic rings. The van der Waals surface area contributed by atoms with Gasteiger partial charge < -0.3 is 19.7 Å². The van der Waals surface area contributed by atoms with Gasteiger partial charge in [-0.1, -0.05) is 40.7 Å². The van der Waals surface area contributed by atoms with Gasteiger partial charge in [-0.05, 0) is 51.4 Å². The monoisotopic (exact) mass is 496 g/mol. The number of nitrogens with one attached hydrogen (secondary N) is 1. The number of esters is 1. The molecule has 1 N–H and O–H groups in total. The van der Waals surface area contributed by atoms with Gasteiger partial charge in [0, 0.05) is 13.1 Å². The molecule has 1 fully saturated rings. The Bertz CT molecular complexity index is 804. The van der Waals surface area contributed by atoms with Gasteiger partial charge in [0.15, 0.2) is 6.61 Å².